The van der Waals surface area contributed by atoms with Gasteiger partial charge in [0.15, 0.2) is 0 Å². The van der Waals surface area contributed by atoms with Crippen LogP contribution in [0.1, 0.15) is 46.5 Å². The molecule has 1 fully saturated rings. The number of nitrogens with zero attached hydrogens (tertiary/aromatic N) is 1. The fourth-order valence-corrected chi connectivity index (χ4v) is 2.14. The second-order valence-electron chi connectivity index (χ2n) is 6.45. The van der Waals surface area contributed by atoms with Crippen molar-refractivity contribution >= 4 is 12.0 Å². The van der Waals surface area contributed by atoms with Gasteiger partial charge in [0, 0.05) is 25.6 Å². The molecule has 0 radical (unpaired) electrons. The van der Waals surface area contributed by atoms with Crippen LogP contribution in [0.15, 0.2) is 0 Å². The number of piperidine rings is 1. The van der Waals surface area contributed by atoms with Crippen molar-refractivity contribution in [2.45, 2.75) is 64.3 Å². The lowest BCUT2D eigenvalue weighted by atomic mass is 10.1. The monoisotopic (exact) mass is 324 g/mol. The van der Waals surface area contributed by atoms with Crippen molar-refractivity contribution in [2.24, 2.45) is 0 Å². The molecule has 2 amide bonds. The molecule has 0 aliphatic carbocycles. The van der Waals surface area contributed by atoms with Crippen molar-refractivity contribution in [1.29, 1.82) is 0 Å². The van der Waals surface area contributed by atoms with Crippen LogP contribution in [0.4, 0.5) is 18.0 Å². The molecule has 0 aromatic rings. The van der Waals surface area contributed by atoms with Gasteiger partial charge in [0.25, 0.3) is 0 Å². The van der Waals surface area contributed by atoms with Crippen molar-refractivity contribution in [3.8, 4) is 0 Å². The molecule has 1 aliphatic heterocycles. The molecular formula is C14H23F3N2O3. The van der Waals surface area contributed by atoms with Gasteiger partial charge in [0.05, 0.1) is 6.42 Å². The van der Waals surface area contributed by atoms with Gasteiger partial charge in [-0.05, 0) is 33.6 Å². The van der Waals surface area contributed by atoms with Crippen LogP contribution < -0.4 is 5.32 Å². The first-order chi connectivity index (χ1) is 9.96. The standard InChI is InChI=1S/C14H23F3N2O3/c1-13(2,3)22-12(21)19-8-4-5-10(9-19)18-11(20)6-7-14(15,16)17/h10H,4-9H2,1-3H3,(H,18,20). The molecule has 1 aliphatic rings. The largest absolute Gasteiger partial charge is 0.444 e. The Labute approximate surface area is 128 Å². The maximum absolute atomic E-state index is 12.1. The number of rotatable bonds is 3. The van der Waals surface area contributed by atoms with E-state index in [2.05, 4.69) is 5.32 Å². The van der Waals surface area contributed by atoms with E-state index in [1.165, 1.54) is 4.90 Å². The fourth-order valence-electron chi connectivity index (χ4n) is 2.14. The molecule has 128 valence electrons. The van der Waals surface area contributed by atoms with Gasteiger partial charge in [-0.3, -0.25) is 4.79 Å². The maximum atomic E-state index is 12.1. The predicted molar refractivity (Wildman–Crippen MR) is 74.3 cm³/mol. The molecular weight excluding hydrogens is 301 g/mol. The number of likely N-dealkylation sites (tertiary alicyclic amines) is 1. The van der Waals surface area contributed by atoms with Gasteiger partial charge in [-0.15, -0.1) is 0 Å². The van der Waals surface area contributed by atoms with Crippen LogP contribution in [0.5, 0.6) is 0 Å². The Hall–Kier alpha value is -1.47. The third-order valence-corrected chi connectivity index (χ3v) is 3.07. The number of carbonyl (C=O) groups is 2. The number of hydrogen-bond acceptors (Lipinski definition) is 3. The molecule has 8 heteroatoms. The summed E-state index contributed by atoms with van der Waals surface area (Å²) >= 11 is 0. The number of halogens is 3. The van der Waals surface area contributed by atoms with E-state index in [-0.39, 0.29) is 12.6 Å². The van der Waals surface area contributed by atoms with Crippen LogP contribution in [0, 0.1) is 0 Å². The third kappa shape index (κ3) is 7.51. The molecule has 0 bridgehead atoms. The highest BCUT2D eigenvalue weighted by Crippen LogP contribution is 2.21. The quantitative estimate of drug-likeness (QED) is 0.868. The maximum Gasteiger partial charge on any atom is 0.410 e. The molecule has 1 rings (SSSR count). The van der Waals surface area contributed by atoms with Crippen LogP contribution in [0.25, 0.3) is 0 Å². The van der Waals surface area contributed by atoms with Crippen molar-refractivity contribution in [1.82, 2.24) is 10.2 Å². The van der Waals surface area contributed by atoms with E-state index in [1.54, 1.807) is 20.8 Å². The van der Waals surface area contributed by atoms with Gasteiger partial charge >= 0.3 is 12.3 Å². The molecule has 1 unspecified atom stereocenters. The zero-order valence-corrected chi connectivity index (χ0v) is 13.1. The van der Waals surface area contributed by atoms with Gasteiger partial charge < -0.3 is 15.0 Å². The zero-order chi connectivity index (χ0) is 17.0. The highest BCUT2D eigenvalue weighted by atomic mass is 19.4. The number of carbonyl (C=O) groups excluding carboxylic acids is 2. The van der Waals surface area contributed by atoms with Crippen LogP contribution in [0.3, 0.4) is 0 Å². The van der Waals surface area contributed by atoms with E-state index in [4.69, 9.17) is 4.74 Å². The lowest BCUT2D eigenvalue weighted by Gasteiger charge is -2.34. The van der Waals surface area contributed by atoms with Gasteiger partial charge in [0.1, 0.15) is 5.60 Å². The first-order valence-electron chi connectivity index (χ1n) is 7.30. The second-order valence-corrected chi connectivity index (χ2v) is 6.45. The first kappa shape index (κ1) is 18.6. The Balaban J connectivity index is 2.43. The Morgan fingerprint density at radius 2 is 1.91 bits per heavy atom. The summed E-state index contributed by atoms with van der Waals surface area (Å²) in [6, 6.07) is -0.331. The Kier molecular flexibility index (Phi) is 6.08. The molecule has 0 aromatic carbocycles. The van der Waals surface area contributed by atoms with Crippen LogP contribution in [0.2, 0.25) is 0 Å². The molecule has 0 saturated carbocycles. The van der Waals surface area contributed by atoms with Crippen LogP contribution in [-0.2, 0) is 9.53 Å². The highest BCUT2D eigenvalue weighted by Gasteiger charge is 2.30. The molecule has 0 spiro atoms. The third-order valence-electron chi connectivity index (χ3n) is 3.07. The SMILES string of the molecule is CC(C)(C)OC(=O)N1CCCC(NC(=O)CCC(F)(F)F)C1. The average molecular weight is 324 g/mol. The minimum atomic E-state index is -4.34. The van der Waals surface area contributed by atoms with Crippen molar-refractivity contribution in [3.05, 3.63) is 0 Å². The number of ether oxygens (including phenoxy) is 1. The van der Waals surface area contributed by atoms with Gasteiger partial charge in [-0.25, -0.2) is 4.79 Å². The van der Waals surface area contributed by atoms with E-state index in [1.807, 2.05) is 0 Å². The molecule has 1 saturated heterocycles. The topological polar surface area (TPSA) is 58.6 Å². The summed E-state index contributed by atoms with van der Waals surface area (Å²) in [5, 5.41) is 2.55. The number of nitrogens with one attached hydrogen (secondary N) is 1. The Morgan fingerprint density at radius 3 is 2.45 bits per heavy atom. The predicted octanol–water partition coefficient (Wildman–Crippen LogP) is 2.84. The summed E-state index contributed by atoms with van der Waals surface area (Å²) in [6.45, 7) is 6.04. The van der Waals surface area contributed by atoms with Gasteiger partial charge in [-0.1, -0.05) is 0 Å². The molecule has 1 N–H and O–H groups in total. The number of alkyl halides is 3. The van der Waals surface area contributed by atoms with E-state index < -0.39 is 36.6 Å². The summed E-state index contributed by atoms with van der Waals surface area (Å²) in [5.74, 6) is -0.645. The van der Waals surface area contributed by atoms with Crippen LogP contribution in [-0.4, -0.2) is 47.8 Å². The minimum absolute atomic E-state index is 0.257. The van der Waals surface area contributed by atoms with Gasteiger partial charge in [-0.2, -0.15) is 13.2 Å². The lowest BCUT2D eigenvalue weighted by Crippen LogP contribution is -2.50. The Bertz CT molecular complexity index is 405. The normalized spacial score (nSPS) is 19.7. The van der Waals surface area contributed by atoms with E-state index in [0.717, 1.165) is 0 Å². The smallest absolute Gasteiger partial charge is 0.410 e. The molecule has 22 heavy (non-hydrogen) atoms. The summed E-state index contributed by atoms with van der Waals surface area (Å²) in [4.78, 5) is 24.9. The molecule has 1 atom stereocenters. The zero-order valence-electron chi connectivity index (χ0n) is 13.1. The highest BCUT2D eigenvalue weighted by molar-refractivity contribution is 5.76. The Morgan fingerprint density at radius 1 is 1.27 bits per heavy atom. The first-order valence-corrected chi connectivity index (χ1v) is 7.30. The molecule has 0 aromatic heterocycles. The van der Waals surface area contributed by atoms with Crippen molar-refractivity contribution < 1.29 is 27.5 Å². The summed E-state index contributed by atoms with van der Waals surface area (Å²) in [7, 11) is 0. The molecule has 5 nitrogen and oxygen atoms in total. The van der Waals surface area contributed by atoms with Crippen LogP contribution >= 0.6 is 0 Å². The summed E-state index contributed by atoms with van der Waals surface area (Å²) in [6.07, 6.45) is -5.23. The van der Waals surface area contributed by atoms with E-state index in [9.17, 15) is 22.8 Å². The van der Waals surface area contributed by atoms with E-state index in [0.29, 0.717) is 19.4 Å². The van der Waals surface area contributed by atoms with Crippen molar-refractivity contribution in [3.63, 3.8) is 0 Å². The average Bonchev–Trinajstić information content (AvgIpc) is 2.34. The fraction of sp³-hybridized carbons (Fsp3) is 0.857. The number of hydrogen-bond donors (Lipinski definition) is 1. The summed E-state index contributed by atoms with van der Waals surface area (Å²) < 4.78 is 41.5. The molecule has 1 heterocycles. The summed E-state index contributed by atoms with van der Waals surface area (Å²) in [5.41, 5.74) is -0.611. The van der Waals surface area contributed by atoms with E-state index >= 15 is 0 Å². The lowest BCUT2D eigenvalue weighted by molar-refractivity contribution is -0.144. The number of amides is 2. The second kappa shape index (κ2) is 7.19. The minimum Gasteiger partial charge on any atom is -0.444 e. The van der Waals surface area contributed by atoms with Gasteiger partial charge in [0.2, 0.25) is 5.91 Å². The van der Waals surface area contributed by atoms with Crippen molar-refractivity contribution in [2.75, 3.05) is 13.1 Å².